The van der Waals surface area contributed by atoms with E-state index in [0.717, 1.165) is 30.6 Å². The van der Waals surface area contributed by atoms with E-state index in [9.17, 15) is 13.2 Å². The highest BCUT2D eigenvalue weighted by Gasteiger charge is 2.30. The van der Waals surface area contributed by atoms with Crippen molar-refractivity contribution in [1.29, 1.82) is 0 Å². The van der Waals surface area contributed by atoms with Crippen LogP contribution in [0.2, 0.25) is 0 Å². The van der Waals surface area contributed by atoms with Gasteiger partial charge in [0.25, 0.3) is 0 Å². The minimum absolute atomic E-state index is 0.206. The lowest BCUT2D eigenvalue weighted by atomic mass is 9.95. The summed E-state index contributed by atoms with van der Waals surface area (Å²) in [6.45, 7) is 2.83. The third-order valence-electron chi connectivity index (χ3n) is 5.44. The van der Waals surface area contributed by atoms with E-state index in [2.05, 4.69) is 30.2 Å². The molecule has 3 aromatic rings. The molecule has 0 saturated heterocycles. The fourth-order valence-electron chi connectivity index (χ4n) is 3.95. The molecule has 0 aliphatic heterocycles. The van der Waals surface area contributed by atoms with Gasteiger partial charge in [-0.05, 0) is 37.5 Å². The third-order valence-corrected chi connectivity index (χ3v) is 5.44. The number of aromatic nitrogens is 4. The molecule has 0 bridgehead atoms. The van der Waals surface area contributed by atoms with Gasteiger partial charge in [-0.25, -0.2) is 4.98 Å². The number of nitrogens with one attached hydrogen (secondary N) is 2. The molecule has 2 aromatic heterocycles. The molecule has 0 amide bonds. The van der Waals surface area contributed by atoms with Crippen molar-refractivity contribution >= 4 is 22.9 Å². The Labute approximate surface area is 172 Å². The molecular weight excluding hydrogens is 393 g/mol. The summed E-state index contributed by atoms with van der Waals surface area (Å²) in [6, 6.07) is 5.66. The highest BCUT2D eigenvalue weighted by atomic mass is 19.4. The van der Waals surface area contributed by atoms with Gasteiger partial charge in [0.1, 0.15) is 0 Å². The van der Waals surface area contributed by atoms with Crippen molar-refractivity contribution in [3.05, 3.63) is 41.7 Å². The number of alkyl halides is 3. The zero-order chi connectivity index (χ0) is 21.1. The smallest absolute Gasteiger partial charge is 0.364 e. The van der Waals surface area contributed by atoms with E-state index in [1.54, 1.807) is 12.4 Å². The Bertz CT molecular complexity index is 1010. The third kappa shape index (κ3) is 4.34. The Balaban J connectivity index is 1.64. The van der Waals surface area contributed by atoms with Gasteiger partial charge in [-0.2, -0.15) is 23.1 Å². The summed E-state index contributed by atoms with van der Waals surface area (Å²) in [5.41, 5.74) is 1.24. The van der Waals surface area contributed by atoms with E-state index in [4.69, 9.17) is 0 Å². The van der Waals surface area contributed by atoms with Gasteiger partial charge in [0.2, 0.25) is 5.95 Å². The van der Waals surface area contributed by atoms with Crippen molar-refractivity contribution in [3.8, 4) is 0 Å². The van der Waals surface area contributed by atoms with Gasteiger partial charge in [0.15, 0.2) is 17.0 Å². The largest absolute Gasteiger partial charge is 0.416 e. The summed E-state index contributed by atoms with van der Waals surface area (Å²) in [7, 11) is 0. The van der Waals surface area contributed by atoms with Crippen molar-refractivity contribution in [1.82, 2.24) is 19.5 Å². The normalized spacial score (nSPS) is 15.5. The Morgan fingerprint density at radius 3 is 2.63 bits per heavy atom. The predicted octanol–water partition coefficient (Wildman–Crippen LogP) is 5.39. The van der Waals surface area contributed by atoms with E-state index >= 15 is 0 Å². The summed E-state index contributed by atoms with van der Waals surface area (Å²) < 4.78 is 41.1. The Kier molecular flexibility index (Phi) is 5.78. The van der Waals surface area contributed by atoms with Crippen LogP contribution >= 0.6 is 0 Å². The van der Waals surface area contributed by atoms with Crippen molar-refractivity contribution in [2.24, 2.45) is 0 Å². The Morgan fingerprint density at radius 1 is 1.10 bits per heavy atom. The number of benzene rings is 1. The lowest BCUT2D eigenvalue weighted by molar-refractivity contribution is -0.137. The van der Waals surface area contributed by atoms with E-state index in [0.29, 0.717) is 35.4 Å². The predicted molar refractivity (Wildman–Crippen MR) is 110 cm³/mol. The van der Waals surface area contributed by atoms with E-state index in [-0.39, 0.29) is 6.54 Å². The number of hydrogen-bond donors (Lipinski definition) is 2. The fourth-order valence-corrected chi connectivity index (χ4v) is 3.95. The standard InChI is InChI=1S/C21H25F3N6/c1-2-25-20-28-18(26-12-14-7-6-8-15(11-14)21(22,23)24)17-19(29-20)30(13-27-17)16-9-4-3-5-10-16/h6-8,11,13,16H,2-5,9-10,12H2,1H3,(H2,25,26,28,29). The molecule has 4 rings (SSSR count). The molecule has 0 unspecified atom stereocenters. The monoisotopic (exact) mass is 418 g/mol. The summed E-state index contributed by atoms with van der Waals surface area (Å²) in [6.07, 6.45) is 3.27. The van der Waals surface area contributed by atoms with Gasteiger partial charge in [0, 0.05) is 19.1 Å². The van der Waals surface area contributed by atoms with Gasteiger partial charge in [-0.3, -0.25) is 0 Å². The number of halogens is 3. The highest BCUT2D eigenvalue weighted by molar-refractivity contribution is 5.84. The van der Waals surface area contributed by atoms with Crippen LogP contribution in [-0.2, 0) is 12.7 Å². The number of anilines is 2. The average Bonchev–Trinajstić information content (AvgIpc) is 3.17. The molecule has 1 fully saturated rings. The molecule has 9 heteroatoms. The second-order valence-corrected chi connectivity index (χ2v) is 7.59. The first-order valence-electron chi connectivity index (χ1n) is 10.3. The topological polar surface area (TPSA) is 67.7 Å². The number of fused-ring (bicyclic) bond motifs is 1. The number of rotatable bonds is 6. The Hall–Kier alpha value is -2.84. The zero-order valence-corrected chi connectivity index (χ0v) is 16.8. The van der Waals surface area contributed by atoms with Crippen molar-refractivity contribution in [3.63, 3.8) is 0 Å². The summed E-state index contributed by atoms with van der Waals surface area (Å²) >= 11 is 0. The molecule has 1 aromatic carbocycles. The summed E-state index contributed by atoms with van der Waals surface area (Å²) in [4.78, 5) is 13.7. The van der Waals surface area contributed by atoms with Crippen LogP contribution in [0.15, 0.2) is 30.6 Å². The second kappa shape index (κ2) is 8.49. The first-order valence-corrected chi connectivity index (χ1v) is 10.3. The minimum Gasteiger partial charge on any atom is -0.364 e. The van der Waals surface area contributed by atoms with Crippen molar-refractivity contribution in [2.45, 2.75) is 57.8 Å². The number of hydrogen-bond acceptors (Lipinski definition) is 5. The molecule has 30 heavy (non-hydrogen) atoms. The van der Waals surface area contributed by atoms with E-state index in [1.165, 1.54) is 25.3 Å². The van der Waals surface area contributed by atoms with Gasteiger partial charge < -0.3 is 15.2 Å². The van der Waals surface area contributed by atoms with Crippen LogP contribution in [-0.4, -0.2) is 26.1 Å². The molecule has 0 radical (unpaired) electrons. The lowest BCUT2D eigenvalue weighted by Gasteiger charge is -2.23. The molecule has 2 heterocycles. The zero-order valence-electron chi connectivity index (χ0n) is 16.8. The fraction of sp³-hybridized carbons (Fsp3) is 0.476. The molecule has 0 atom stereocenters. The van der Waals surface area contributed by atoms with Gasteiger partial charge in [0.05, 0.1) is 11.9 Å². The molecule has 6 nitrogen and oxygen atoms in total. The first-order chi connectivity index (χ1) is 14.5. The highest BCUT2D eigenvalue weighted by Crippen LogP contribution is 2.32. The summed E-state index contributed by atoms with van der Waals surface area (Å²) in [5.74, 6) is 0.997. The number of imidazole rings is 1. The molecule has 1 aliphatic carbocycles. The van der Waals surface area contributed by atoms with Crippen LogP contribution in [0.1, 0.15) is 56.2 Å². The maximum absolute atomic E-state index is 13.0. The van der Waals surface area contributed by atoms with Gasteiger partial charge in [-0.15, -0.1) is 0 Å². The summed E-state index contributed by atoms with van der Waals surface area (Å²) in [5, 5.41) is 6.30. The molecule has 2 N–H and O–H groups in total. The first kappa shape index (κ1) is 20.4. The van der Waals surface area contributed by atoms with Gasteiger partial charge in [-0.1, -0.05) is 31.4 Å². The molecule has 1 aliphatic rings. The maximum atomic E-state index is 13.0. The van der Waals surface area contributed by atoms with Crippen LogP contribution in [0, 0.1) is 0 Å². The maximum Gasteiger partial charge on any atom is 0.416 e. The molecule has 1 saturated carbocycles. The number of nitrogens with zero attached hydrogens (tertiary/aromatic N) is 4. The molecule has 0 spiro atoms. The lowest BCUT2D eigenvalue weighted by Crippen LogP contribution is -2.14. The SMILES string of the molecule is CCNc1nc(NCc2cccc(C(F)(F)F)c2)c2ncn(C3CCCCC3)c2n1. The molecule has 160 valence electrons. The quantitative estimate of drug-likeness (QED) is 0.561. The Morgan fingerprint density at radius 2 is 1.90 bits per heavy atom. The second-order valence-electron chi connectivity index (χ2n) is 7.59. The molecular formula is C21H25F3N6. The van der Waals surface area contributed by atoms with Crippen molar-refractivity contribution in [2.75, 3.05) is 17.2 Å². The minimum atomic E-state index is -4.37. The van der Waals surface area contributed by atoms with Crippen molar-refractivity contribution < 1.29 is 13.2 Å². The van der Waals surface area contributed by atoms with Crippen LogP contribution in [0.25, 0.3) is 11.2 Å². The van der Waals surface area contributed by atoms with Crippen LogP contribution in [0.5, 0.6) is 0 Å². The van der Waals surface area contributed by atoms with Gasteiger partial charge >= 0.3 is 6.18 Å². The van der Waals surface area contributed by atoms with E-state index < -0.39 is 11.7 Å². The van der Waals surface area contributed by atoms with E-state index in [1.807, 2.05) is 6.92 Å². The van der Waals surface area contributed by atoms with Crippen LogP contribution < -0.4 is 10.6 Å². The van der Waals surface area contributed by atoms with Crippen LogP contribution in [0.4, 0.5) is 24.9 Å². The average molecular weight is 418 g/mol. The van der Waals surface area contributed by atoms with Crippen LogP contribution in [0.3, 0.4) is 0 Å².